The number of carbonyl (C=O) groups excluding carboxylic acids is 2. The van der Waals surface area contributed by atoms with Gasteiger partial charge in [0.15, 0.2) is 13.2 Å². The molecule has 0 aliphatic rings. The molecule has 35 heavy (non-hydrogen) atoms. The van der Waals surface area contributed by atoms with E-state index >= 15 is 0 Å². The molecule has 0 spiro atoms. The third-order valence-corrected chi connectivity index (χ3v) is 3.67. The molecular formula is C14H11F16NaO4. The molecule has 0 aliphatic carbocycles. The smallest absolute Gasteiger partial charge is 1.00 e. The number of ether oxygens (including phenoxy) is 2. The summed E-state index contributed by atoms with van der Waals surface area (Å²) in [7, 11) is 0. The standard InChI is InChI=1S/C14H10F16O4.Na.H/c15-7(16)11(23,24)13(27,28)9(19,20)3-33-5(31)1-2-6(32)34-4-10(21,22)14(29,30)12(25,26)8(17)18;;/h7-8H,1-4H2;;/q;+1;-1. The minimum absolute atomic E-state index is 0. The van der Waals surface area contributed by atoms with Gasteiger partial charge in [-0.25, -0.2) is 17.6 Å². The summed E-state index contributed by atoms with van der Waals surface area (Å²) in [6.45, 7) is -5.88. The first-order valence-electron chi connectivity index (χ1n) is 8.03. The van der Waals surface area contributed by atoms with Gasteiger partial charge in [0, 0.05) is 0 Å². The molecule has 0 N–H and O–H groups in total. The molecule has 21 heteroatoms. The van der Waals surface area contributed by atoms with Gasteiger partial charge in [-0.1, -0.05) is 0 Å². The number of rotatable bonds is 13. The van der Waals surface area contributed by atoms with Gasteiger partial charge in [-0.05, 0) is 0 Å². The SMILES string of the molecule is O=C(CCC(=O)OCC(F)(F)C(F)(F)C(F)(F)C(F)F)OCC(F)(F)C(F)(F)C(F)(F)C(F)F.[H-].[Na+]. The third-order valence-electron chi connectivity index (χ3n) is 3.67. The predicted octanol–water partition coefficient (Wildman–Crippen LogP) is 2.31. The minimum atomic E-state index is -6.75. The maximum Gasteiger partial charge on any atom is 1.00 e. The van der Waals surface area contributed by atoms with Crippen molar-refractivity contribution in [2.24, 2.45) is 0 Å². The minimum Gasteiger partial charge on any atom is -1.00 e. The Morgan fingerprint density at radius 3 is 1.00 bits per heavy atom. The summed E-state index contributed by atoms with van der Waals surface area (Å²) < 4.78 is 209. The van der Waals surface area contributed by atoms with Crippen LogP contribution in [0.4, 0.5) is 70.2 Å². The average molecular weight is 570 g/mol. The van der Waals surface area contributed by atoms with E-state index in [9.17, 15) is 79.8 Å². The quantitative estimate of drug-likeness (QED) is 0.194. The zero-order chi connectivity index (χ0) is 27.6. The average Bonchev–Trinajstić information content (AvgIpc) is 2.68. The zero-order valence-electron chi connectivity index (χ0n) is 17.7. The van der Waals surface area contributed by atoms with Crippen molar-refractivity contribution in [3.05, 3.63) is 0 Å². The Labute approximate surface area is 207 Å². The molecule has 0 amide bonds. The van der Waals surface area contributed by atoms with Gasteiger partial charge in [0.05, 0.1) is 12.8 Å². The van der Waals surface area contributed by atoms with Crippen LogP contribution in [0.3, 0.4) is 0 Å². The van der Waals surface area contributed by atoms with Gasteiger partial charge in [0.25, 0.3) is 0 Å². The Hall–Kier alpha value is -1.18. The van der Waals surface area contributed by atoms with Gasteiger partial charge < -0.3 is 10.9 Å². The molecule has 0 aromatic rings. The van der Waals surface area contributed by atoms with Crippen molar-refractivity contribution >= 4 is 11.9 Å². The molecule has 0 bridgehead atoms. The maximum atomic E-state index is 13.1. The van der Waals surface area contributed by atoms with Crippen molar-refractivity contribution in [3.8, 4) is 0 Å². The molecule has 0 aliphatic heterocycles. The van der Waals surface area contributed by atoms with Crippen LogP contribution in [0.25, 0.3) is 0 Å². The molecule has 0 aromatic carbocycles. The van der Waals surface area contributed by atoms with Gasteiger partial charge >= 0.3 is 89.9 Å². The topological polar surface area (TPSA) is 52.6 Å². The molecule has 0 saturated heterocycles. The van der Waals surface area contributed by atoms with Crippen molar-refractivity contribution in [1.82, 2.24) is 0 Å². The van der Waals surface area contributed by atoms with E-state index < -0.39 is 86.4 Å². The van der Waals surface area contributed by atoms with E-state index in [0.29, 0.717) is 0 Å². The molecule has 0 saturated carbocycles. The van der Waals surface area contributed by atoms with E-state index in [1.165, 1.54) is 0 Å². The van der Waals surface area contributed by atoms with Crippen molar-refractivity contribution in [1.29, 1.82) is 0 Å². The van der Waals surface area contributed by atoms with E-state index in [-0.39, 0.29) is 31.0 Å². The summed E-state index contributed by atoms with van der Waals surface area (Å²) in [6.07, 6.45) is -13.7. The Morgan fingerprint density at radius 1 is 0.571 bits per heavy atom. The number of alkyl halides is 16. The number of hydrogen-bond donors (Lipinski definition) is 0. The van der Waals surface area contributed by atoms with Crippen LogP contribution >= 0.6 is 0 Å². The van der Waals surface area contributed by atoms with E-state index in [2.05, 4.69) is 9.47 Å². The summed E-state index contributed by atoms with van der Waals surface area (Å²) in [6, 6.07) is 0. The summed E-state index contributed by atoms with van der Waals surface area (Å²) in [5, 5.41) is 0. The second-order valence-corrected chi connectivity index (χ2v) is 6.23. The van der Waals surface area contributed by atoms with Crippen molar-refractivity contribution < 1.29 is 120 Å². The first kappa shape index (κ1) is 36.0. The van der Waals surface area contributed by atoms with Gasteiger partial charge in [0.1, 0.15) is 0 Å². The van der Waals surface area contributed by atoms with E-state index in [0.717, 1.165) is 0 Å². The number of esters is 2. The van der Waals surface area contributed by atoms with Crippen molar-refractivity contribution in [2.75, 3.05) is 13.2 Å². The van der Waals surface area contributed by atoms with Crippen LogP contribution in [0, 0.1) is 0 Å². The molecule has 0 atom stereocenters. The first-order valence-corrected chi connectivity index (χ1v) is 8.03. The van der Waals surface area contributed by atoms with Crippen LogP contribution in [0.15, 0.2) is 0 Å². The zero-order valence-corrected chi connectivity index (χ0v) is 18.7. The Bertz CT molecular complexity index is 674. The molecule has 0 heterocycles. The van der Waals surface area contributed by atoms with E-state index in [4.69, 9.17) is 0 Å². The Kier molecular flexibility index (Phi) is 12.2. The second-order valence-electron chi connectivity index (χ2n) is 6.23. The fourth-order valence-electron chi connectivity index (χ4n) is 1.63. The number of carbonyl (C=O) groups is 2. The van der Waals surface area contributed by atoms with Crippen molar-refractivity contribution in [3.63, 3.8) is 0 Å². The summed E-state index contributed by atoms with van der Waals surface area (Å²) in [4.78, 5) is 22.2. The molecule has 0 radical (unpaired) electrons. The van der Waals surface area contributed by atoms with Crippen LogP contribution in [0.1, 0.15) is 14.3 Å². The molecule has 0 unspecified atom stereocenters. The molecule has 0 fully saturated rings. The third kappa shape index (κ3) is 7.65. The van der Waals surface area contributed by atoms with Crippen LogP contribution in [-0.2, 0) is 19.1 Å². The summed E-state index contributed by atoms with van der Waals surface area (Å²) >= 11 is 0. The molecular weight excluding hydrogens is 559 g/mol. The molecule has 0 aromatic heterocycles. The van der Waals surface area contributed by atoms with Gasteiger partial charge in [-0.3, -0.25) is 9.59 Å². The maximum absolute atomic E-state index is 13.1. The van der Waals surface area contributed by atoms with Crippen LogP contribution < -0.4 is 29.6 Å². The van der Waals surface area contributed by atoms with Gasteiger partial charge in [-0.15, -0.1) is 0 Å². The normalized spacial score (nSPS) is 14.1. The Balaban J connectivity index is -0.00000544. The van der Waals surface area contributed by atoms with Crippen LogP contribution in [0.2, 0.25) is 0 Å². The largest absolute Gasteiger partial charge is 1.00 e. The second kappa shape index (κ2) is 11.9. The summed E-state index contributed by atoms with van der Waals surface area (Å²) in [5.74, 6) is -43.1. The number of hydrogen-bond acceptors (Lipinski definition) is 4. The fourth-order valence-corrected chi connectivity index (χ4v) is 1.63. The van der Waals surface area contributed by atoms with E-state index in [1.807, 2.05) is 0 Å². The number of halogens is 16. The van der Waals surface area contributed by atoms with Gasteiger partial charge in [0.2, 0.25) is 0 Å². The van der Waals surface area contributed by atoms with Crippen LogP contribution in [-0.4, -0.2) is 73.5 Å². The molecule has 4 nitrogen and oxygen atoms in total. The summed E-state index contributed by atoms with van der Waals surface area (Å²) in [5.41, 5.74) is 0. The molecule has 204 valence electrons. The molecule has 0 rings (SSSR count). The monoisotopic (exact) mass is 570 g/mol. The van der Waals surface area contributed by atoms with Crippen LogP contribution in [0.5, 0.6) is 0 Å². The predicted molar refractivity (Wildman–Crippen MR) is 74.0 cm³/mol. The Morgan fingerprint density at radius 2 is 0.800 bits per heavy atom. The first-order chi connectivity index (χ1) is 14.9. The van der Waals surface area contributed by atoms with E-state index in [1.54, 1.807) is 0 Å². The van der Waals surface area contributed by atoms with Gasteiger partial charge in [-0.2, -0.15) is 52.7 Å². The fraction of sp³-hybridized carbons (Fsp3) is 0.857. The van der Waals surface area contributed by atoms with Crippen molar-refractivity contribution in [2.45, 2.75) is 61.2 Å².